The van der Waals surface area contributed by atoms with E-state index in [9.17, 15) is 0 Å². The van der Waals surface area contributed by atoms with Crippen LogP contribution in [0.3, 0.4) is 0 Å². The van der Waals surface area contributed by atoms with Gasteiger partial charge in [-0.2, -0.15) is 0 Å². The number of hydrogen-bond acceptors (Lipinski definition) is 1. The summed E-state index contributed by atoms with van der Waals surface area (Å²) in [5.41, 5.74) is 1.15. The van der Waals surface area contributed by atoms with Gasteiger partial charge in [-0.25, -0.2) is 0 Å². The van der Waals surface area contributed by atoms with Gasteiger partial charge in [-0.05, 0) is 49.1 Å². The van der Waals surface area contributed by atoms with Crippen molar-refractivity contribution in [3.8, 4) is 0 Å². The monoisotopic (exact) mass is 273 g/mol. The maximum atomic E-state index is 6.13. The summed E-state index contributed by atoms with van der Waals surface area (Å²) in [7, 11) is 0. The molecule has 1 unspecified atom stereocenters. The highest BCUT2D eigenvalue weighted by atomic mass is 35.5. The molecule has 1 nitrogen and oxygen atoms in total. The fourth-order valence-corrected chi connectivity index (χ4v) is 2.08. The zero-order valence-electron chi connectivity index (χ0n) is 10.8. The fraction of sp³-hybridized carbons (Fsp3) is 0.571. The first-order chi connectivity index (χ1) is 7.99. The van der Waals surface area contributed by atoms with Crippen molar-refractivity contribution in [1.82, 2.24) is 5.32 Å². The van der Waals surface area contributed by atoms with Gasteiger partial charge in [0.2, 0.25) is 0 Å². The van der Waals surface area contributed by atoms with E-state index >= 15 is 0 Å². The van der Waals surface area contributed by atoms with Crippen molar-refractivity contribution in [2.45, 2.75) is 39.7 Å². The standard InChI is InChI=1S/C14H21Cl2N/c1-10(2)17-9-11(3)4-5-12-8-13(15)6-7-14(12)16/h6-8,10-11,17H,4-5,9H2,1-3H3. The average molecular weight is 274 g/mol. The lowest BCUT2D eigenvalue weighted by molar-refractivity contribution is 0.454. The lowest BCUT2D eigenvalue weighted by Gasteiger charge is -2.15. The van der Waals surface area contributed by atoms with Gasteiger partial charge in [0.25, 0.3) is 0 Å². The maximum absolute atomic E-state index is 6.13. The molecule has 0 amide bonds. The molecule has 1 atom stereocenters. The quantitative estimate of drug-likeness (QED) is 0.801. The second-order valence-electron chi connectivity index (χ2n) is 4.94. The largest absolute Gasteiger partial charge is 0.314 e. The zero-order valence-corrected chi connectivity index (χ0v) is 12.3. The van der Waals surface area contributed by atoms with E-state index in [1.165, 1.54) is 0 Å². The molecule has 1 aromatic carbocycles. The Bertz CT molecular complexity index is 350. The van der Waals surface area contributed by atoms with Crippen LogP contribution >= 0.6 is 23.2 Å². The Labute approximate surface area is 115 Å². The minimum absolute atomic E-state index is 0.548. The predicted octanol–water partition coefficient (Wildman–Crippen LogP) is 4.56. The van der Waals surface area contributed by atoms with Crippen molar-refractivity contribution in [3.63, 3.8) is 0 Å². The highest BCUT2D eigenvalue weighted by molar-refractivity contribution is 6.33. The van der Waals surface area contributed by atoms with Gasteiger partial charge in [0.15, 0.2) is 0 Å². The number of nitrogens with one attached hydrogen (secondary N) is 1. The molecule has 0 aliphatic heterocycles. The lowest BCUT2D eigenvalue weighted by Crippen LogP contribution is -2.28. The summed E-state index contributed by atoms with van der Waals surface area (Å²) in [6.45, 7) is 7.64. The summed E-state index contributed by atoms with van der Waals surface area (Å²) in [6.07, 6.45) is 2.11. The van der Waals surface area contributed by atoms with E-state index in [0.717, 1.165) is 35.0 Å². The van der Waals surface area contributed by atoms with Crippen LogP contribution in [-0.4, -0.2) is 12.6 Å². The number of halogens is 2. The van der Waals surface area contributed by atoms with Crippen molar-refractivity contribution in [2.75, 3.05) is 6.54 Å². The Morgan fingerprint density at radius 3 is 2.53 bits per heavy atom. The Morgan fingerprint density at radius 1 is 1.18 bits per heavy atom. The van der Waals surface area contributed by atoms with Crippen LogP contribution in [0.5, 0.6) is 0 Å². The van der Waals surface area contributed by atoms with Crippen molar-refractivity contribution >= 4 is 23.2 Å². The summed E-state index contributed by atoms with van der Waals surface area (Å²) in [6, 6.07) is 6.21. The SMILES string of the molecule is CC(CCc1cc(Cl)ccc1Cl)CNC(C)C. The molecule has 1 N–H and O–H groups in total. The Balaban J connectivity index is 2.41. The predicted molar refractivity (Wildman–Crippen MR) is 77.1 cm³/mol. The summed E-state index contributed by atoms with van der Waals surface area (Å²) in [4.78, 5) is 0. The summed E-state index contributed by atoms with van der Waals surface area (Å²) < 4.78 is 0. The van der Waals surface area contributed by atoms with Crippen molar-refractivity contribution in [3.05, 3.63) is 33.8 Å². The van der Waals surface area contributed by atoms with E-state index in [1.54, 1.807) is 0 Å². The molecule has 17 heavy (non-hydrogen) atoms. The van der Waals surface area contributed by atoms with Crippen LogP contribution in [0, 0.1) is 5.92 Å². The third kappa shape index (κ3) is 5.76. The molecular weight excluding hydrogens is 253 g/mol. The van der Waals surface area contributed by atoms with Gasteiger partial charge in [0.1, 0.15) is 0 Å². The second-order valence-corrected chi connectivity index (χ2v) is 5.79. The first kappa shape index (κ1) is 14.8. The van der Waals surface area contributed by atoms with Gasteiger partial charge in [-0.15, -0.1) is 0 Å². The molecule has 0 radical (unpaired) electrons. The van der Waals surface area contributed by atoms with Crippen LogP contribution in [0.4, 0.5) is 0 Å². The van der Waals surface area contributed by atoms with Gasteiger partial charge in [-0.1, -0.05) is 44.0 Å². The van der Waals surface area contributed by atoms with Crippen LogP contribution in [0.1, 0.15) is 32.8 Å². The second kappa shape index (κ2) is 7.25. The molecule has 0 aliphatic carbocycles. The Kier molecular flexibility index (Phi) is 6.32. The molecule has 1 aromatic rings. The number of benzene rings is 1. The van der Waals surface area contributed by atoms with Gasteiger partial charge < -0.3 is 5.32 Å². The van der Waals surface area contributed by atoms with Crippen molar-refractivity contribution in [1.29, 1.82) is 0 Å². The molecule has 1 rings (SSSR count). The molecular formula is C14H21Cl2N. The average Bonchev–Trinajstić information content (AvgIpc) is 2.27. The molecule has 0 saturated carbocycles. The maximum Gasteiger partial charge on any atom is 0.0439 e. The number of rotatable bonds is 6. The number of hydrogen-bond donors (Lipinski definition) is 1. The lowest BCUT2D eigenvalue weighted by atomic mass is 10.0. The minimum Gasteiger partial charge on any atom is -0.314 e. The number of aryl methyl sites for hydroxylation is 1. The minimum atomic E-state index is 0.548. The van der Waals surface area contributed by atoms with E-state index in [1.807, 2.05) is 18.2 Å². The third-order valence-corrected chi connectivity index (χ3v) is 3.39. The van der Waals surface area contributed by atoms with Gasteiger partial charge in [0, 0.05) is 16.1 Å². The molecule has 0 aliphatic rings. The topological polar surface area (TPSA) is 12.0 Å². The van der Waals surface area contributed by atoms with E-state index in [-0.39, 0.29) is 0 Å². The molecule has 3 heteroatoms. The van der Waals surface area contributed by atoms with Gasteiger partial charge in [-0.3, -0.25) is 0 Å². The Hall–Kier alpha value is -0.240. The van der Waals surface area contributed by atoms with Crippen LogP contribution in [0.25, 0.3) is 0 Å². The first-order valence-electron chi connectivity index (χ1n) is 6.16. The normalized spacial score (nSPS) is 13.1. The third-order valence-electron chi connectivity index (χ3n) is 2.79. The molecule has 0 aromatic heterocycles. The van der Waals surface area contributed by atoms with Gasteiger partial charge >= 0.3 is 0 Å². The highest BCUT2D eigenvalue weighted by Gasteiger charge is 2.06. The van der Waals surface area contributed by atoms with E-state index in [0.29, 0.717) is 12.0 Å². The summed E-state index contributed by atoms with van der Waals surface area (Å²) >= 11 is 12.1. The smallest absolute Gasteiger partial charge is 0.0439 e. The van der Waals surface area contributed by atoms with Crippen LogP contribution < -0.4 is 5.32 Å². The zero-order chi connectivity index (χ0) is 12.8. The molecule has 0 fully saturated rings. The molecule has 96 valence electrons. The molecule has 0 heterocycles. The Morgan fingerprint density at radius 2 is 1.88 bits per heavy atom. The summed E-state index contributed by atoms with van der Waals surface area (Å²) in [5, 5.41) is 5.03. The molecule has 0 saturated heterocycles. The van der Waals surface area contributed by atoms with Gasteiger partial charge in [0.05, 0.1) is 0 Å². The summed E-state index contributed by atoms with van der Waals surface area (Å²) in [5.74, 6) is 0.646. The molecule has 0 bridgehead atoms. The first-order valence-corrected chi connectivity index (χ1v) is 6.92. The van der Waals surface area contributed by atoms with Crippen molar-refractivity contribution in [2.24, 2.45) is 5.92 Å². The van der Waals surface area contributed by atoms with E-state index in [2.05, 4.69) is 26.1 Å². The van der Waals surface area contributed by atoms with E-state index in [4.69, 9.17) is 23.2 Å². The van der Waals surface area contributed by atoms with E-state index < -0.39 is 0 Å². The van der Waals surface area contributed by atoms with Crippen LogP contribution in [0.2, 0.25) is 10.0 Å². The fourth-order valence-electron chi connectivity index (χ4n) is 1.68. The van der Waals surface area contributed by atoms with Crippen molar-refractivity contribution < 1.29 is 0 Å². The van der Waals surface area contributed by atoms with Crippen LogP contribution in [-0.2, 0) is 6.42 Å². The molecule has 0 spiro atoms. The highest BCUT2D eigenvalue weighted by Crippen LogP contribution is 2.22. The van der Waals surface area contributed by atoms with Crippen LogP contribution in [0.15, 0.2) is 18.2 Å².